The maximum atomic E-state index is 10.2. The van der Waals surface area contributed by atoms with Gasteiger partial charge in [0.2, 0.25) is 0 Å². The van der Waals surface area contributed by atoms with Gasteiger partial charge in [0.05, 0.1) is 12.7 Å². The number of aliphatic hydroxyl groups is 1. The molecule has 2 saturated carbocycles. The number of hydrogen-bond donors (Lipinski definition) is 1. The number of methoxy groups -OCH3 is 1. The minimum atomic E-state index is -0.0955. The second kappa shape index (κ2) is 5.89. The molecule has 0 amide bonds. The molecule has 18 heavy (non-hydrogen) atoms. The van der Waals surface area contributed by atoms with Gasteiger partial charge in [0, 0.05) is 26.2 Å². The summed E-state index contributed by atoms with van der Waals surface area (Å²) in [5.41, 5.74) is 0.403. The molecule has 0 saturated heterocycles. The first-order valence-corrected chi connectivity index (χ1v) is 7.43. The molecule has 2 aliphatic rings. The van der Waals surface area contributed by atoms with E-state index in [0.29, 0.717) is 11.3 Å². The Balaban J connectivity index is 1.88. The fraction of sp³-hybridized carbons (Fsp3) is 1.00. The lowest BCUT2D eigenvalue weighted by Crippen LogP contribution is -2.42. The second-order valence-electron chi connectivity index (χ2n) is 6.95. The first kappa shape index (κ1) is 14.3. The smallest absolute Gasteiger partial charge is 0.0589 e. The molecule has 2 rings (SSSR count). The Hall–Kier alpha value is -0.120. The van der Waals surface area contributed by atoms with E-state index in [4.69, 9.17) is 4.74 Å². The molecule has 0 heterocycles. The summed E-state index contributed by atoms with van der Waals surface area (Å²) in [6.45, 7) is 7.55. The van der Waals surface area contributed by atoms with Gasteiger partial charge < -0.3 is 9.84 Å². The summed E-state index contributed by atoms with van der Waals surface area (Å²) < 4.78 is 5.20. The van der Waals surface area contributed by atoms with Crippen LogP contribution >= 0.6 is 0 Å². The molecule has 2 fully saturated rings. The van der Waals surface area contributed by atoms with Crippen molar-refractivity contribution in [2.24, 2.45) is 11.3 Å². The van der Waals surface area contributed by atoms with Crippen molar-refractivity contribution in [1.82, 2.24) is 4.90 Å². The lowest BCUT2D eigenvalue weighted by molar-refractivity contribution is -0.000460. The predicted molar refractivity (Wildman–Crippen MR) is 73.6 cm³/mol. The topological polar surface area (TPSA) is 32.7 Å². The van der Waals surface area contributed by atoms with Crippen molar-refractivity contribution in [3.63, 3.8) is 0 Å². The van der Waals surface area contributed by atoms with Crippen LogP contribution in [0.1, 0.15) is 46.0 Å². The van der Waals surface area contributed by atoms with E-state index in [1.807, 2.05) is 0 Å². The second-order valence-corrected chi connectivity index (χ2v) is 6.95. The Morgan fingerprint density at radius 3 is 2.61 bits per heavy atom. The molecular weight excluding hydrogens is 226 g/mol. The standard InChI is InChI=1S/C15H29NO2/c1-15(2)7-6-14(17)12(10-15)11-16(8-9-18-3)13-4-5-13/h12-14,17H,4-11H2,1-3H3. The minimum Gasteiger partial charge on any atom is -0.393 e. The summed E-state index contributed by atoms with van der Waals surface area (Å²) in [4.78, 5) is 2.54. The van der Waals surface area contributed by atoms with Gasteiger partial charge in [-0.3, -0.25) is 4.90 Å². The summed E-state index contributed by atoms with van der Waals surface area (Å²) in [6.07, 6.45) is 5.85. The van der Waals surface area contributed by atoms with E-state index in [-0.39, 0.29) is 6.10 Å². The van der Waals surface area contributed by atoms with Crippen LogP contribution in [-0.4, -0.2) is 49.0 Å². The summed E-state index contributed by atoms with van der Waals surface area (Å²) >= 11 is 0. The normalized spacial score (nSPS) is 31.8. The first-order valence-electron chi connectivity index (χ1n) is 7.43. The lowest BCUT2D eigenvalue weighted by Gasteiger charge is -2.40. The van der Waals surface area contributed by atoms with Crippen molar-refractivity contribution in [1.29, 1.82) is 0 Å². The molecule has 3 heteroatoms. The van der Waals surface area contributed by atoms with Gasteiger partial charge >= 0.3 is 0 Å². The number of rotatable bonds is 6. The average Bonchev–Trinajstić information content (AvgIpc) is 3.12. The lowest BCUT2D eigenvalue weighted by atomic mass is 9.70. The van der Waals surface area contributed by atoms with Crippen LogP contribution in [-0.2, 0) is 4.74 Å². The van der Waals surface area contributed by atoms with Crippen molar-refractivity contribution in [2.45, 2.75) is 58.1 Å². The molecule has 3 nitrogen and oxygen atoms in total. The van der Waals surface area contributed by atoms with Crippen LogP contribution in [0.2, 0.25) is 0 Å². The molecule has 0 aromatic rings. The Morgan fingerprint density at radius 2 is 2.00 bits per heavy atom. The van der Waals surface area contributed by atoms with Gasteiger partial charge in [-0.05, 0) is 43.4 Å². The molecule has 0 bridgehead atoms. The summed E-state index contributed by atoms with van der Waals surface area (Å²) in [5.74, 6) is 0.450. The summed E-state index contributed by atoms with van der Waals surface area (Å²) in [5, 5.41) is 10.2. The van der Waals surface area contributed by atoms with Gasteiger partial charge in [-0.15, -0.1) is 0 Å². The van der Waals surface area contributed by atoms with Crippen LogP contribution in [0.4, 0.5) is 0 Å². The highest BCUT2D eigenvalue weighted by atomic mass is 16.5. The van der Waals surface area contributed by atoms with Crippen LogP contribution in [0.15, 0.2) is 0 Å². The fourth-order valence-corrected chi connectivity index (χ4v) is 3.28. The zero-order valence-electron chi connectivity index (χ0n) is 12.2. The van der Waals surface area contributed by atoms with Gasteiger partial charge in [0.1, 0.15) is 0 Å². The third-order valence-electron chi connectivity index (χ3n) is 4.59. The van der Waals surface area contributed by atoms with Crippen LogP contribution in [0, 0.1) is 11.3 Å². The van der Waals surface area contributed by atoms with E-state index in [1.54, 1.807) is 7.11 Å². The third kappa shape index (κ3) is 3.94. The molecule has 2 unspecified atom stereocenters. The summed E-state index contributed by atoms with van der Waals surface area (Å²) in [6, 6.07) is 0.761. The van der Waals surface area contributed by atoms with Gasteiger partial charge in [0.25, 0.3) is 0 Å². The monoisotopic (exact) mass is 255 g/mol. The van der Waals surface area contributed by atoms with Crippen LogP contribution in [0.5, 0.6) is 0 Å². The average molecular weight is 255 g/mol. The molecular formula is C15H29NO2. The van der Waals surface area contributed by atoms with E-state index in [2.05, 4.69) is 18.7 Å². The van der Waals surface area contributed by atoms with Crippen molar-refractivity contribution < 1.29 is 9.84 Å². The number of hydrogen-bond acceptors (Lipinski definition) is 3. The van der Waals surface area contributed by atoms with E-state index in [9.17, 15) is 5.11 Å². The molecule has 0 aromatic carbocycles. The van der Waals surface area contributed by atoms with Crippen molar-refractivity contribution >= 4 is 0 Å². The van der Waals surface area contributed by atoms with Crippen molar-refractivity contribution in [3.8, 4) is 0 Å². The van der Waals surface area contributed by atoms with Gasteiger partial charge in [-0.2, -0.15) is 0 Å². The van der Waals surface area contributed by atoms with Crippen LogP contribution in [0.25, 0.3) is 0 Å². The maximum absolute atomic E-state index is 10.2. The number of nitrogens with zero attached hydrogens (tertiary/aromatic N) is 1. The number of ether oxygens (including phenoxy) is 1. The van der Waals surface area contributed by atoms with Crippen molar-refractivity contribution in [2.75, 3.05) is 26.8 Å². The van der Waals surface area contributed by atoms with Crippen molar-refractivity contribution in [3.05, 3.63) is 0 Å². The largest absolute Gasteiger partial charge is 0.393 e. The molecule has 2 aliphatic carbocycles. The molecule has 0 aromatic heterocycles. The molecule has 1 N–H and O–H groups in total. The molecule has 106 valence electrons. The molecule has 0 aliphatic heterocycles. The Kier molecular flexibility index (Phi) is 4.68. The first-order chi connectivity index (χ1) is 8.52. The van der Waals surface area contributed by atoms with Crippen LogP contribution < -0.4 is 0 Å². The maximum Gasteiger partial charge on any atom is 0.0589 e. The Labute approximate surface area is 112 Å². The molecule has 2 atom stereocenters. The van der Waals surface area contributed by atoms with E-state index in [0.717, 1.165) is 45.0 Å². The Morgan fingerprint density at radius 1 is 1.28 bits per heavy atom. The SMILES string of the molecule is COCCN(CC1CC(C)(C)CCC1O)C1CC1. The third-order valence-corrected chi connectivity index (χ3v) is 4.59. The number of aliphatic hydroxyl groups excluding tert-OH is 1. The minimum absolute atomic E-state index is 0.0955. The zero-order chi connectivity index (χ0) is 13.2. The van der Waals surface area contributed by atoms with Gasteiger partial charge in [-0.1, -0.05) is 13.8 Å². The zero-order valence-corrected chi connectivity index (χ0v) is 12.2. The predicted octanol–water partition coefficient (Wildman–Crippen LogP) is 2.28. The van der Waals surface area contributed by atoms with Gasteiger partial charge in [-0.25, -0.2) is 0 Å². The highest BCUT2D eigenvalue weighted by Gasteiger charge is 2.37. The molecule has 0 spiro atoms. The van der Waals surface area contributed by atoms with E-state index < -0.39 is 0 Å². The van der Waals surface area contributed by atoms with E-state index in [1.165, 1.54) is 12.8 Å². The highest BCUT2D eigenvalue weighted by molar-refractivity contribution is 4.90. The Bertz CT molecular complexity index is 263. The van der Waals surface area contributed by atoms with Gasteiger partial charge in [0.15, 0.2) is 0 Å². The van der Waals surface area contributed by atoms with E-state index >= 15 is 0 Å². The summed E-state index contributed by atoms with van der Waals surface area (Å²) in [7, 11) is 1.77. The quantitative estimate of drug-likeness (QED) is 0.790. The van der Waals surface area contributed by atoms with Crippen LogP contribution in [0.3, 0.4) is 0 Å². The fourth-order valence-electron chi connectivity index (χ4n) is 3.28. The highest BCUT2D eigenvalue weighted by Crippen LogP contribution is 2.40. The molecule has 0 radical (unpaired) electrons.